The molecular weight excluding hydrogens is 280 g/mol. The van der Waals surface area contributed by atoms with Gasteiger partial charge in [0.1, 0.15) is 0 Å². The van der Waals surface area contributed by atoms with Crippen LogP contribution in [0.2, 0.25) is 0 Å². The first-order chi connectivity index (χ1) is 9.18. The Balaban J connectivity index is 1.92. The lowest BCUT2D eigenvalue weighted by atomic mass is 10.0. The summed E-state index contributed by atoms with van der Waals surface area (Å²) in [5, 5.41) is 3.29. The average Bonchev–Trinajstić information content (AvgIpc) is 2.47. The number of sulfonamides is 1. The summed E-state index contributed by atoms with van der Waals surface area (Å²) in [7, 11) is -3.32. The summed E-state index contributed by atoms with van der Waals surface area (Å²) in [6, 6.07) is 5.50. The quantitative estimate of drug-likeness (QED) is 0.904. The van der Waals surface area contributed by atoms with E-state index in [2.05, 4.69) is 5.32 Å². The number of rotatable bonds is 2. The molecule has 0 aliphatic carbocycles. The Morgan fingerprint density at radius 3 is 2.79 bits per heavy atom. The molecule has 1 saturated heterocycles. The third kappa shape index (κ3) is 2.61. The number of aryl methyl sites for hydroxylation is 1. The Morgan fingerprint density at radius 1 is 1.21 bits per heavy atom. The van der Waals surface area contributed by atoms with E-state index in [1.54, 1.807) is 16.4 Å². The van der Waals surface area contributed by atoms with E-state index < -0.39 is 10.0 Å². The van der Waals surface area contributed by atoms with Crippen molar-refractivity contribution >= 4 is 27.5 Å². The van der Waals surface area contributed by atoms with Gasteiger partial charge in [-0.15, -0.1) is 0 Å². The van der Waals surface area contributed by atoms with Crippen molar-refractivity contribution in [1.82, 2.24) is 4.31 Å². The first-order valence-electron chi connectivity index (χ1n) is 6.62. The van der Waals surface area contributed by atoms with Gasteiger partial charge >= 0.3 is 0 Å². The zero-order valence-corrected chi connectivity index (χ0v) is 12.4. The summed E-state index contributed by atoms with van der Waals surface area (Å²) in [5.41, 5.74) is 2.21. The number of hydrogen-bond acceptors (Lipinski definition) is 4. The standard InChI is InChI=1S/C13H18N2O2S2/c16-19(17,15-6-8-18-9-7-15)12-4-3-11-2-1-5-14-13(11)10-12/h3-4,10,14H,1-2,5-9H2. The predicted octanol–water partition coefficient (Wildman–Crippen LogP) is 1.78. The molecule has 4 nitrogen and oxygen atoms in total. The summed E-state index contributed by atoms with van der Waals surface area (Å²) in [6.07, 6.45) is 2.14. The Morgan fingerprint density at radius 2 is 2.00 bits per heavy atom. The minimum atomic E-state index is -3.32. The van der Waals surface area contributed by atoms with Crippen LogP contribution in [0.25, 0.3) is 0 Å². The molecule has 1 fully saturated rings. The summed E-state index contributed by atoms with van der Waals surface area (Å²) < 4.78 is 26.7. The van der Waals surface area contributed by atoms with Crippen LogP contribution in [-0.2, 0) is 16.4 Å². The number of anilines is 1. The van der Waals surface area contributed by atoms with E-state index >= 15 is 0 Å². The van der Waals surface area contributed by atoms with Gasteiger partial charge in [-0.2, -0.15) is 16.1 Å². The Labute approximate surface area is 118 Å². The molecule has 0 bridgehead atoms. The fourth-order valence-corrected chi connectivity index (χ4v) is 5.14. The molecule has 0 atom stereocenters. The molecule has 19 heavy (non-hydrogen) atoms. The molecule has 3 rings (SSSR count). The molecule has 0 spiro atoms. The van der Waals surface area contributed by atoms with Crippen LogP contribution in [0.15, 0.2) is 23.1 Å². The van der Waals surface area contributed by atoms with E-state index in [0.717, 1.165) is 36.6 Å². The van der Waals surface area contributed by atoms with Crippen LogP contribution in [0.1, 0.15) is 12.0 Å². The van der Waals surface area contributed by atoms with E-state index in [4.69, 9.17) is 0 Å². The van der Waals surface area contributed by atoms with Crippen LogP contribution in [0, 0.1) is 0 Å². The first kappa shape index (κ1) is 13.3. The van der Waals surface area contributed by atoms with Crippen LogP contribution in [0.4, 0.5) is 5.69 Å². The normalized spacial score (nSPS) is 20.6. The zero-order valence-electron chi connectivity index (χ0n) is 10.8. The Kier molecular flexibility index (Phi) is 3.73. The van der Waals surface area contributed by atoms with Gasteiger partial charge in [-0.3, -0.25) is 0 Å². The molecule has 0 aromatic heterocycles. The molecule has 0 amide bonds. The SMILES string of the molecule is O=S(=O)(c1ccc2c(c1)NCCC2)N1CCSCC1. The monoisotopic (exact) mass is 298 g/mol. The molecule has 1 aromatic carbocycles. The second kappa shape index (κ2) is 5.34. The van der Waals surface area contributed by atoms with Gasteiger partial charge in [0.25, 0.3) is 0 Å². The van der Waals surface area contributed by atoms with Gasteiger partial charge in [0.2, 0.25) is 10.0 Å². The minimum absolute atomic E-state index is 0.424. The van der Waals surface area contributed by atoms with Gasteiger partial charge in [0.05, 0.1) is 4.90 Å². The van der Waals surface area contributed by atoms with Crippen LogP contribution in [-0.4, -0.2) is 43.9 Å². The van der Waals surface area contributed by atoms with Crippen LogP contribution >= 0.6 is 11.8 Å². The molecule has 2 aliphatic heterocycles. The van der Waals surface area contributed by atoms with E-state index in [-0.39, 0.29) is 0 Å². The molecule has 0 radical (unpaired) electrons. The first-order valence-corrected chi connectivity index (χ1v) is 9.22. The van der Waals surface area contributed by atoms with Crippen molar-refractivity contribution in [3.05, 3.63) is 23.8 Å². The smallest absolute Gasteiger partial charge is 0.243 e. The van der Waals surface area contributed by atoms with E-state index in [0.29, 0.717) is 18.0 Å². The third-order valence-electron chi connectivity index (χ3n) is 3.63. The van der Waals surface area contributed by atoms with Crippen molar-refractivity contribution in [2.75, 3.05) is 36.5 Å². The second-order valence-electron chi connectivity index (χ2n) is 4.87. The average molecular weight is 298 g/mol. The molecule has 104 valence electrons. The van der Waals surface area contributed by atoms with Gasteiger partial charge in [-0.25, -0.2) is 8.42 Å². The maximum atomic E-state index is 12.6. The molecule has 0 unspecified atom stereocenters. The molecular formula is C13H18N2O2S2. The fourth-order valence-electron chi connectivity index (χ4n) is 2.54. The summed E-state index contributed by atoms with van der Waals surface area (Å²) >= 11 is 1.81. The molecule has 0 saturated carbocycles. The van der Waals surface area contributed by atoms with Crippen molar-refractivity contribution in [2.45, 2.75) is 17.7 Å². The largest absolute Gasteiger partial charge is 0.385 e. The van der Waals surface area contributed by atoms with Gasteiger partial charge in [0.15, 0.2) is 0 Å². The highest BCUT2D eigenvalue weighted by Gasteiger charge is 2.26. The van der Waals surface area contributed by atoms with Crippen molar-refractivity contribution in [3.8, 4) is 0 Å². The zero-order chi connectivity index (χ0) is 13.3. The highest BCUT2D eigenvalue weighted by molar-refractivity contribution is 7.99. The third-order valence-corrected chi connectivity index (χ3v) is 6.46. The van der Waals surface area contributed by atoms with Gasteiger partial charge in [-0.1, -0.05) is 6.07 Å². The molecule has 2 aliphatic rings. The van der Waals surface area contributed by atoms with Gasteiger partial charge in [0, 0.05) is 36.8 Å². The summed E-state index contributed by atoms with van der Waals surface area (Å²) in [4.78, 5) is 0.424. The van der Waals surface area contributed by atoms with E-state index in [1.807, 2.05) is 17.8 Å². The highest BCUT2D eigenvalue weighted by Crippen LogP contribution is 2.27. The number of thioether (sulfide) groups is 1. The molecule has 6 heteroatoms. The highest BCUT2D eigenvalue weighted by atomic mass is 32.2. The second-order valence-corrected chi connectivity index (χ2v) is 8.03. The molecule has 2 heterocycles. The fraction of sp³-hybridized carbons (Fsp3) is 0.538. The molecule has 1 aromatic rings. The lowest BCUT2D eigenvalue weighted by Crippen LogP contribution is -2.37. The topological polar surface area (TPSA) is 49.4 Å². The van der Waals surface area contributed by atoms with Gasteiger partial charge < -0.3 is 5.32 Å². The van der Waals surface area contributed by atoms with E-state index in [9.17, 15) is 8.42 Å². The van der Waals surface area contributed by atoms with Crippen molar-refractivity contribution in [3.63, 3.8) is 0 Å². The van der Waals surface area contributed by atoms with E-state index in [1.165, 1.54) is 5.56 Å². The number of nitrogens with zero attached hydrogens (tertiary/aromatic N) is 1. The Hall–Kier alpha value is -0.720. The maximum absolute atomic E-state index is 12.6. The van der Waals surface area contributed by atoms with Crippen LogP contribution < -0.4 is 5.32 Å². The van der Waals surface area contributed by atoms with Crippen molar-refractivity contribution < 1.29 is 8.42 Å². The predicted molar refractivity (Wildman–Crippen MR) is 79.3 cm³/mol. The summed E-state index contributed by atoms with van der Waals surface area (Å²) in [5.74, 6) is 1.78. The van der Waals surface area contributed by atoms with Crippen LogP contribution in [0.3, 0.4) is 0 Å². The van der Waals surface area contributed by atoms with Crippen molar-refractivity contribution in [2.24, 2.45) is 0 Å². The number of nitrogens with one attached hydrogen (secondary N) is 1. The minimum Gasteiger partial charge on any atom is -0.385 e. The van der Waals surface area contributed by atoms with Crippen LogP contribution in [0.5, 0.6) is 0 Å². The summed E-state index contributed by atoms with van der Waals surface area (Å²) in [6.45, 7) is 2.17. The van der Waals surface area contributed by atoms with Gasteiger partial charge in [-0.05, 0) is 30.5 Å². The Bertz CT molecular complexity index is 566. The number of fused-ring (bicyclic) bond motifs is 1. The number of benzene rings is 1. The van der Waals surface area contributed by atoms with Crippen molar-refractivity contribution in [1.29, 1.82) is 0 Å². The lowest BCUT2D eigenvalue weighted by Gasteiger charge is -2.26. The molecule has 1 N–H and O–H groups in total. The maximum Gasteiger partial charge on any atom is 0.243 e. The lowest BCUT2D eigenvalue weighted by molar-refractivity contribution is 0.443. The number of hydrogen-bond donors (Lipinski definition) is 1.